The third-order valence-electron chi connectivity index (χ3n) is 2.68. The molecule has 0 spiro atoms. The van der Waals surface area contributed by atoms with Crippen LogP contribution in [-0.2, 0) is 6.42 Å². The number of hydrogen-bond acceptors (Lipinski definition) is 2. The van der Waals surface area contributed by atoms with E-state index in [1.165, 1.54) is 37.0 Å². The first-order valence-electron chi connectivity index (χ1n) is 6.08. The van der Waals surface area contributed by atoms with Crippen molar-refractivity contribution in [2.75, 3.05) is 6.54 Å². The van der Waals surface area contributed by atoms with Crippen LogP contribution in [0.5, 0.6) is 0 Å². The van der Waals surface area contributed by atoms with Crippen LogP contribution in [0.4, 0.5) is 0 Å². The van der Waals surface area contributed by atoms with Crippen molar-refractivity contribution >= 4 is 11.3 Å². The molecule has 0 aliphatic carbocycles. The van der Waals surface area contributed by atoms with E-state index >= 15 is 0 Å². The zero-order chi connectivity index (χ0) is 10.9. The van der Waals surface area contributed by atoms with Gasteiger partial charge in [-0.2, -0.15) is 0 Å². The summed E-state index contributed by atoms with van der Waals surface area (Å²) in [5.74, 6) is 0. The van der Waals surface area contributed by atoms with Crippen LogP contribution in [0, 0.1) is 0 Å². The standard InChI is InChI=1S/C13H23NS/c1-3-4-5-7-12(2)14-10-9-13-8-6-11-15-13/h6,8,11-12,14H,3-5,7,9-10H2,1-2H3. The average Bonchev–Trinajstić information content (AvgIpc) is 2.71. The molecule has 15 heavy (non-hydrogen) atoms. The summed E-state index contributed by atoms with van der Waals surface area (Å²) >= 11 is 1.86. The fraction of sp³-hybridized carbons (Fsp3) is 0.692. The van der Waals surface area contributed by atoms with Crippen molar-refractivity contribution in [2.24, 2.45) is 0 Å². The minimum Gasteiger partial charge on any atom is -0.314 e. The zero-order valence-electron chi connectivity index (χ0n) is 9.96. The first-order valence-corrected chi connectivity index (χ1v) is 6.96. The molecule has 1 rings (SSSR count). The average molecular weight is 225 g/mol. The molecular weight excluding hydrogens is 202 g/mol. The monoisotopic (exact) mass is 225 g/mol. The van der Waals surface area contributed by atoms with Crippen molar-refractivity contribution in [1.82, 2.24) is 5.32 Å². The number of nitrogens with one attached hydrogen (secondary N) is 1. The third kappa shape index (κ3) is 5.95. The van der Waals surface area contributed by atoms with E-state index in [1.807, 2.05) is 11.3 Å². The molecule has 1 heterocycles. The summed E-state index contributed by atoms with van der Waals surface area (Å²) in [5.41, 5.74) is 0. The summed E-state index contributed by atoms with van der Waals surface area (Å²) in [6.07, 6.45) is 6.55. The van der Waals surface area contributed by atoms with Crippen LogP contribution in [0.3, 0.4) is 0 Å². The Morgan fingerprint density at radius 2 is 2.27 bits per heavy atom. The SMILES string of the molecule is CCCCCC(C)NCCc1cccs1. The summed E-state index contributed by atoms with van der Waals surface area (Å²) < 4.78 is 0. The van der Waals surface area contributed by atoms with Gasteiger partial charge in [0, 0.05) is 17.5 Å². The Balaban J connectivity index is 1.99. The van der Waals surface area contributed by atoms with Gasteiger partial charge in [-0.3, -0.25) is 0 Å². The van der Waals surface area contributed by atoms with Gasteiger partial charge in [0.05, 0.1) is 0 Å². The van der Waals surface area contributed by atoms with Crippen LogP contribution in [0.1, 0.15) is 44.4 Å². The number of rotatable bonds is 8. The van der Waals surface area contributed by atoms with Gasteiger partial charge in [0.1, 0.15) is 0 Å². The zero-order valence-corrected chi connectivity index (χ0v) is 10.8. The lowest BCUT2D eigenvalue weighted by Gasteiger charge is -2.12. The minimum absolute atomic E-state index is 0.677. The minimum atomic E-state index is 0.677. The molecule has 1 atom stereocenters. The first kappa shape index (κ1) is 12.7. The Kier molecular flexibility index (Phi) is 6.69. The van der Waals surface area contributed by atoms with Crippen molar-refractivity contribution in [3.05, 3.63) is 22.4 Å². The smallest absolute Gasteiger partial charge is 0.00578 e. The Hall–Kier alpha value is -0.340. The van der Waals surface area contributed by atoms with E-state index in [-0.39, 0.29) is 0 Å². The number of hydrogen-bond donors (Lipinski definition) is 1. The maximum absolute atomic E-state index is 3.59. The fourth-order valence-corrected chi connectivity index (χ4v) is 2.41. The van der Waals surface area contributed by atoms with Crippen molar-refractivity contribution in [3.63, 3.8) is 0 Å². The van der Waals surface area contributed by atoms with E-state index in [1.54, 1.807) is 0 Å². The first-order chi connectivity index (χ1) is 7.33. The van der Waals surface area contributed by atoms with Crippen molar-refractivity contribution < 1.29 is 0 Å². The summed E-state index contributed by atoms with van der Waals surface area (Å²) in [6.45, 7) is 5.67. The quantitative estimate of drug-likeness (QED) is 0.663. The van der Waals surface area contributed by atoms with E-state index in [9.17, 15) is 0 Å². The molecule has 0 aliphatic heterocycles. The summed E-state index contributed by atoms with van der Waals surface area (Å²) in [5, 5.41) is 5.74. The van der Waals surface area contributed by atoms with Gasteiger partial charge in [0.25, 0.3) is 0 Å². The van der Waals surface area contributed by atoms with Crippen molar-refractivity contribution in [1.29, 1.82) is 0 Å². The lowest BCUT2D eigenvalue weighted by atomic mass is 10.1. The second kappa shape index (κ2) is 7.89. The molecule has 0 saturated heterocycles. The predicted molar refractivity (Wildman–Crippen MR) is 69.6 cm³/mol. The molecule has 0 bridgehead atoms. The van der Waals surface area contributed by atoms with Crippen LogP contribution in [0.15, 0.2) is 17.5 Å². The molecule has 1 N–H and O–H groups in total. The topological polar surface area (TPSA) is 12.0 Å². The van der Waals surface area contributed by atoms with Crippen LogP contribution in [-0.4, -0.2) is 12.6 Å². The summed E-state index contributed by atoms with van der Waals surface area (Å²) in [6, 6.07) is 5.02. The van der Waals surface area contributed by atoms with Crippen LogP contribution in [0.2, 0.25) is 0 Å². The van der Waals surface area contributed by atoms with Gasteiger partial charge in [-0.15, -0.1) is 11.3 Å². The largest absolute Gasteiger partial charge is 0.314 e. The van der Waals surface area contributed by atoms with Crippen molar-refractivity contribution in [2.45, 2.75) is 52.0 Å². The molecule has 0 radical (unpaired) electrons. The molecule has 2 heteroatoms. The summed E-state index contributed by atoms with van der Waals surface area (Å²) in [7, 11) is 0. The molecule has 1 aromatic rings. The molecule has 86 valence electrons. The molecule has 1 unspecified atom stereocenters. The molecule has 0 amide bonds. The lowest BCUT2D eigenvalue weighted by Crippen LogP contribution is -2.27. The fourth-order valence-electron chi connectivity index (χ4n) is 1.70. The maximum Gasteiger partial charge on any atom is 0.00578 e. The Morgan fingerprint density at radius 3 is 2.93 bits per heavy atom. The van der Waals surface area contributed by atoms with Gasteiger partial charge in [0.15, 0.2) is 0 Å². The Bertz CT molecular complexity index is 231. The van der Waals surface area contributed by atoms with Gasteiger partial charge in [-0.05, 0) is 31.2 Å². The number of thiophene rings is 1. The van der Waals surface area contributed by atoms with Gasteiger partial charge < -0.3 is 5.32 Å². The van der Waals surface area contributed by atoms with Crippen LogP contribution >= 0.6 is 11.3 Å². The normalized spacial score (nSPS) is 12.9. The Morgan fingerprint density at radius 1 is 1.40 bits per heavy atom. The highest BCUT2D eigenvalue weighted by atomic mass is 32.1. The molecule has 0 fully saturated rings. The molecule has 0 saturated carbocycles. The summed E-state index contributed by atoms with van der Waals surface area (Å²) in [4.78, 5) is 1.49. The van der Waals surface area contributed by atoms with Gasteiger partial charge in [-0.25, -0.2) is 0 Å². The second-order valence-electron chi connectivity index (χ2n) is 4.18. The van der Waals surface area contributed by atoms with E-state index in [0.29, 0.717) is 6.04 Å². The van der Waals surface area contributed by atoms with Crippen molar-refractivity contribution in [3.8, 4) is 0 Å². The maximum atomic E-state index is 3.59. The predicted octanol–water partition coefficient (Wildman–Crippen LogP) is 3.85. The van der Waals surface area contributed by atoms with E-state index in [0.717, 1.165) is 6.54 Å². The second-order valence-corrected chi connectivity index (χ2v) is 5.21. The lowest BCUT2D eigenvalue weighted by molar-refractivity contribution is 0.491. The molecular formula is C13H23NS. The van der Waals surface area contributed by atoms with Gasteiger partial charge in [-0.1, -0.05) is 32.3 Å². The highest BCUT2D eigenvalue weighted by Crippen LogP contribution is 2.08. The highest BCUT2D eigenvalue weighted by Gasteiger charge is 2.00. The molecule has 1 nitrogen and oxygen atoms in total. The Labute approximate surface area is 97.9 Å². The highest BCUT2D eigenvalue weighted by molar-refractivity contribution is 7.09. The molecule has 1 aromatic heterocycles. The molecule has 0 aliphatic rings. The molecule has 0 aromatic carbocycles. The van der Waals surface area contributed by atoms with Gasteiger partial charge >= 0.3 is 0 Å². The van der Waals surface area contributed by atoms with Gasteiger partial charge in [0.2, 0.25) is 0 Å². The number of unbranched alkanes of at least 4 members (excludes halogenated alkanes) is 2. The van der Waals surface area contributed by atoms with Crippen LogP contribution < -0.4 is 5.32 Å². The van der Waals surface area contributed by atoms with Crippen LogP contribution in [0.25, 0.3) is 0 Å². The van der Waals surface area contributed by atoms with E-state index in [2.05, 4.69) is 36.7 Å². The third-order valence-corrected chi connectivity index (χ3v) is 3.62. The van der Waals surface area contributed by atoms with E-state index < -0.39 is 0 Å². The van der Waals surface area contributed by atoms with E-state index in [4.69, 9.17) is 0 Å².